The Morgan fingerprint density at radius 2 is 1.88 bits per heavy atom. The predicted octanol–water partition coefficient (Wildman–Crippen LogP) is 2.67. The Kier molecular flexibility index (Phi) is 5.24. The molecule has 0 bridgehead atoms. The predicted molar refractivity (Wildman–Crippen MR) is 93.2 cm³/mol. The summed E-state index contributed by atoms with van der Waals surface area (Å²) >= 11 is 0. The Morgan fingerprint density at radius 3 is 2.58 bits per heavy atom. The van der Waals surface area contributed by atoms with Crippen molar-refractivity contribution in [1.29, 1.82) is 0 Å². The van der Waals surface area contributed by atoms with Gasteiger partial charge in [0.1, 0.15) is 16.5 Å². The van der Waals surface area contributed by atoms with Gasteiger partial charge in [-0.05, 0) is 48.2 Å². The number of rotatable bonds is 6. The van der Waals surface area contributed by atoms with Gasteiger partial charge in [-0.2, -0.15) is 8.42 Å². The summed E-state index contributed by atoms with van der Waals surface area (Å²) in [6, 6.07) is 8.70. The van der Waals surface area contributed by atoms with E-state index < -0.39 is 20.8 Å². The zero-order chi connectivity index (χ0) is 18.7. The molecule has 0 atom stereocenters. The maximum absolute atomic E-state index is 14.3. The molecule has 2 aromatic carbocycles. The number of nitrogens with one attached hydrogen (secondary N) is 1. The van der Waals surface area contributed by atoms with Crippen LogP contribution < -0.4 is 9.50 Å². The summed E-state index contributed by atoms with van der Waals surface area (Å²) in [5, 5.41) is 2.53. The van der Waals surface area contributed by atoms with Crippen molar-refractivity contribution in [3.63, 3.8) is 0 Å². The van der Waals surface area contributed by atoms with E-state index in [0.717, 1.165) is 11.6 Å². The molecule has 26 heavy (non-hydrogen) atoms. The fraction of sp³-hybridized carbons (Fsp3) is 0.278. The summed E-state index contributed by atoms with van der Waals surface area (Å²) in [6.07, 6.45) is 1.26. The lowest BCUT2D eigenvalue weighted by Crippen LogP contribution is -2.20. The number of hydrogen-bond acceptors (Lipinski definition) is 5. The molecule has 0 unspecified atom stereocenters. The zero-order valence-electron chi connectivity index (χ0n) is 14.1. The summed E-state index contributed by atoms with van der Waals surface area (Å²) in [4.78, 5) is 10.8. The monoisotopic (exact) mass is 379 g/mol. The molecule has 0 fully saturated rings. The highest BCUT2D eigenvalue weighted by Crippen LogP contribution is 2.29. The van der Waals surface area contributed by atoms with Gasteiger partial charge in [-0.15, -0.1) is 0 Å². The number of methoxy groups -OCH3 is 1. The number of aryl methyl sites for hydroxylation is 1. The summed E-state index contributed by atoms with van der Waals surface area (Å²) in [5.74, 6) is -1.10. The lowest BCUT2D eigenvalue weighted by atomic mass is 10.0. The first-order valence-electron chi connectivity index (χ1n) is 8.04. The Balaban J connectivity index is 1.83. The van der Waals surface area contributed by atoms with Gasteiger partial charge < -0.3 is 14.2 Å². The van der Waals surface area contributed by atoms with E-state index in [1.54, 1.807) is 19.2 Å². The molecule has 2 aromatic rings. The van der Waals surface area contributed by atoms with Crippen molar-refractivity contribution in [1.82, 2.24) is 0 Å². The molecule has 1 N–H and O–H groups in total. The van der Waals surface area contributed by atoms with E-state index in [9.17, 15) is 17.6 Å². The van der Waals surface area contributed by atoms with Crippen LogP contribution in [0.3, 0.4) is 0 Å². The first-order chi connectivity index (χ1) is 12.4. The molecule has 0 saturated carbocycles. The van der Waals surface area contributed by atoms with Crippen LogP contribution in [-0.2, 0) is 32.5 Å². The molecule has 0 saturated heterocycles. The molecular weight excluding hydrogens is 361 g/mol. The minimum Gasteiger partial charge on any atom is -0.384 e. The van der Waals surface area contributed by atoms with E-state index in [1.165, 1.54) is 18.2 Å². The largest absolute Gasteiger partial charge is 0.384 e. The highest BCUT2D eigenvalue weighted by molar-refractivity contribution is 7.87. The summed E-state index contributed by atoms with van der Waals surface area (Å²) in [5.41, 5.74) is 1.82. The summed E-state index contributed by atoms with van der Waals surface area (Å²) in [6.45, 7) is 0.551. The van der Waals surface area contributed by atoms with Crippen molar-refractivity contribution >= 4 is 21.7 Å². The molecule has 6 nitrogen and oxygen atoms in total. The molecule has 138 valence electrons. The molecule has 1 aliphatic rings. The smallest absolute Gasteiger partial charge is 0.342 e. The fourth-order valence-electron chi connectivity index (χ4n) is 2.67. The number of amides is 1. The summed E-state index contributed by atoms with van der Waals surface area (Å²) in [7, 11) is -2.73. The Hall–Kier alpha value is -2.45. The van der Waals surface area contributed by atoms with Crippen molar-refractivity contribution in [3.05, 3.63) is 53.3 Å². The second-order valence-electron chi connectivity index (χ2n) is 5.91. The van der Waals surface area contributed by atoms with Crippen molar-refractivity contribution in [2.24, 2.45) is 0 Å². The normalized spacial score (nSPS) is 13.8. The Labute approximate surface area is 151 Å². The van der Waals surface area contributed by atoms with Crippen LogP contribution in [0, 0.1) is 5.82 Å². The first kappa shape index (κ1) is 18.3. The second kappa shape index (κ2) is 7.43. The molecule has 1 amide bonds. The van der Waals surface area contributed by atoms with Gasteiger partial charge in [0.2, 0.25) is 5.91 Å². The number of halogens is 1. The molecule has 1 heterocycles. The van der Waals surface area contributed by atoms with Gasteiger partial charge in [-0.3, -0.25) is 4.79 Å². The lowest BCUT2D eigenvalue weighted by molar-refractivity contribution is -0.116. The van der Waals surface area contributed by atoms with Crippen molar-refractivity contribution in [2.75, 3.05) is 19.0 Å². The number of carbonyl (C=O) groups is 1. The van der Waals surface area contributed by atoms with Crippen LogP contribution in [-0.4, -0.2) is 28.0 Å². The maximum atomic E-state index is 14.3. The number of carbonyl (C=O) groups excluding carboxylic acids is 1. The third-order valence-corrected chi connectivity index (χ3v) is 5.31. The van der Waals surface area contributed by atoms with Crippen molar-refractivity contribution < 1.29 is 26.5 Å². The Morgan fingerprint density at radius 1 is 1.15 bits per heavy atom. The first-order valence-corrected chi connectivity index (χ1v) is 9.44. The molecule has 0 aromatic heterocycles. The maximum Gasteiger partial charge on any atom is 0.342 e. The van der Waals surface area contributed by atoms with Crippen molar-refractivity contribution in [3.8, 4) is 5.75 Å². The quantitative estimate of drug-likeness (QED) is 0.781. The van der Waals surface area contributed by atoms with E-state index in [0.29, 0.717) is 30.7 Å². The summed E-state index contributed by atoms with van der Waals surface area (Å²) < 4.78 is 49.2. The van der Waals surface area contributed by atoms with E-state index in [-0.39, 0.29) is 18.1 Å². The third-order valence-electron chi connectivity index (χ3n) is 4.05. The minimum atomic E-state index is -4.33. The highest BCUT2D eigenvalue weighted by atomic mass is 32.2. The van der Waals surface area contributed by atoms with Gasteiger partial charge in [-0.25, -0.2) is 4.39 Å². The van der Waals surface area contributed by atoms with Gasteiger partial charge in [0.25, 0.3) is 0 Å². The van der Waals surface area contributed by atoms with Gasteiger partial charge in [0.05, 0.1) is 6.61 Å². The molecule has 0 aliphatic carbocycles. The van der Waals surface area contributed by atoms with Gasteiger partial charge in [0.15, 0.2) is 0 Å². The number of anilines is 1. The average Bonchev–Trinajstić information content (AvgIpc) is 2.60. The fourth-order valence-corrected chi connectivity index (χ4v) is 3.71. The Bertz CT molecular complexity index is 925. The average molecular weight is 379 g/mol. The SMILES string of the molecule is COCCc1ccc(OS(=O)(=O)c2cc3c(cc2F)NC(=O)CC3)cc1. The van der Waals surface area contributed by atoms with Gasteiger partial charge in [0, 0.05) is 19.2 Å². The number of ether oxygens (including phenoxy) is 1. The molecule has 0 radical (unpaired) electrons. The van der Waals surface area contributed by atoms with Crippen LogP contribution in [0.5, 0.6) is 5.75 Å². The molecule has 8 heteroatoms. The van der Waals surface area contributed by atoms with E-state index in [4.69, 9.17) is 8.92 Å². The zero-order valence-corrected chi connectivity index (χ0v) is 14.9. The van der Waals surface area contributed by atoms with Gasteiger partial charge >= 0.3 is 10.1 Å². The molecule has 3 rings (SSSR count). The van der Waals surface area contributed by atoms with Crippen LogP contribution in [0.1, 0.15) is 17.5 Å². The molecular formula is C18H18FNO5S. The number of hydrogen-bond donors (Lipinski definition) is 1. The van der Waals surface area contributed by atoms with Crippen LogP contribution in [0.2, 0.25) is 0 Å². The van der Waals surface area contributed by atoms with Crippen LogP contribution in [0.25, 0.3) is 0 Å². The lowest BCUT2D eigenvalue weighted by Gasteiger charge is -2.18. The number of fused-ring (bicyclic) bond motifs is 1. The minimum absolute atomic E-state index is 0.0941. The van der Waals surface area contributed by atoms with Crippen molar-refractivity contribution in [2.45, 2.75) is 24.2 Å². The van der Waals surface area contributed by atoms with E-state index >= 15 is 0 Å². The van der Waals surface area contributed by atoms with Gasteiger partial charge in [-0.1, -0.05) is 12.1 Å². The second-order valence-corrected chi connectivity index (χ2v) is 7.43. The molecule has 1 aliphatic heterocycles. The van der Waals surface area contributed by atoms with E-state index in [2.05, 4.69) is 5.32 Å². The van der Waals surface area contributed by atoms with Crippen LogP contribution in [0.4, 0.5) is 10.1 Å². The standard InChI is InChI=1S/C18H18FNO5S/c1-24-9-8-12-2-5-14(6-3-12)25-26(22,23)17-10-13-4-7-18(21)20-16(13)11-15(17)19/h2-3,5-6,10-11H,4,7-9H2,1H3,(H,20,21). The topological polar surface area (TPSA) is 81.7 Å². The third kappa shape index (κ3) is 4.03. The van der Waals surface area contributed by atoms with E-state index in [1.807, 2.05) is 0 Å². The highest BCUT2D eigenvalue weighted by Gasteiger charge is 2.26. The molecule has 0 spiro atoms. The number of benzene rings is 2. The van der Waals surface area contributed by atoms with Crippen LogP contribution in [0.15, 0.2) is 41.3 Å². The van der Waals surface area contributed by atoms with Crippen LogP contribution >= 0.6 is 0 Å².